The number of aromatic nitrogens is 2. The number of benzene rings is 2. The van der Waals surface area contributed by atoms with Gasteiger partial charge in [0.15, 0.2) is 5.82 Å². The largest absolute Gasteiger partial charge is 0.463 e. The van der Waals surface area contributed by atoms with Crippen molar-refractivity contribution in [2.75, 3.05) is 43.5 Å². The number of nitrogens with zero attached hydrogens (tertiary/aromatic N) is 4. The highest BCUT2D eigenvalue weighted by molar-refractivity contribution is 7.23. The van der Waals surface area contributed by atoms with Crippen LogP contribution in [0.15, 0.2) is 18.2 Å². The Kier molecular flexibility index (Phi) is 6.79. The quantitative estimate of drug-likeness (QED) is 0.278. The third-order valence-corrected chi connectivity index (χ3v) is 9.41. The van der Waals surface area contributed by atoms with Gasteiger partial charge in [-0.2, -0.15) is 28.4 Å². The van der Waals surface area contributed by atoms with Gasteiger partial charge in [-0.3, -0.25) is 0 Å². The molecule has 2 unspecified atom stereocenters. The Hall–Kier alpha value is -3.80. The van der Waals surface area contributed by atoms with Gasteiger partial charge in [0.1, 0.15) is 28.2 Å². The van der Waals surface area contributed by atoms with Crippen molar-refractivity contribution in [3.8, 4) is 23.2 Å². The van der Waals surface area contributed by atoms with Crippen LogP contribution in [0.3, 0.4) is 0 Å². The first-order valence-electron chi connectivity index (χ1n) is 13.9. The molecular formula is C29H25F5N6O2S. The Bertz CT molecular complexity index is 1790. The van der Waals surface area contributed by atoms with Crippen LogP contribution in [0.4, 0.5) is 32.8 Å². The molecule has 2 bridgehead atoms. The van der Waals surface area contributed by atoms with Crippen LogP contribution in [0.25, 0.3) is 32.1 Å². The maximum Gasteiger partial charge on any atom is 0.417 e. The Morgan fingerprint density at radius 1 is 1.16 bits per heavy atom. The van der Waals surface area contributed by atoms with Crippen LogP contribution in [-0.4, -0.2) is 55.0 Å². The maximum absolute atomic E-state index is 16.7. The number of fused-ring (bicyclic) bond motifs is 4. The Labute approximate surface area is 246 Å². The zero-order chi connectivity index (χ0) is 30.0. The number of nitrogen functional groups attached to an aromatic ring is 1. The second-order valence-electron chi connectivity index (χ2n) is 11.2. The van der Waals surface area contributed by atoms with Gasteiger partial charge in [0, 0.05) is 54.0 Å². The van der Waals surface area contributed by atoms with E-state index in [0.29, 0.717) is 26.3 Å². The molecule has 5 heterocycles. The summed E-state index contributed by atoms with van der Waals surface area (Å²) in [5.74, 6) is -1.83. The minimum Gasteiger partial charge on any atom is -0.463 e. The normalized spacial score (nSPS) is 22.0. The van der Waals surface area contributed by atoms with Gasteiger partial charge in [0.2, 0.25) is 0 Å². The number of rotatable bonds is 5. The standard InChI is InChI=1S/C29H25F5N6O2S/c30-20-4-3-16(21-18(8-35)26(36)43-25(20)21)22-19(29(32,33)34)7-17-24(23(22)31)38-28(42-12-13-5-6-41-11-13)39-27(17)40-9-14-1-2-15(10-40)37-14/h3-4,7,13-15,37H,1-2,5-6,9-12,36H2/t13-,14?,15?/m1/s1. The Balaban J connectivity index is 1.48. The molecule has 3 fully saturated rings. The van der Waals surface area contributed by atoms with Gasteiger partial charge < -0.3 is 25.4 Å². The van der Waals surface area contributed by atoms with Crippen molar-refractivity contribution in [3.05, 3.63) is 41.0 Å². The minimum absolute atomic E-state index is 0.0757. The Morgan fingerprint density at radius 2 is 1.93 bits per heavy atom. The molecule has 2 aromatic carbocycles. The van der Waals surface area contributed by atoms with Crippen LogP contribution in [0, 0.1) is 28.9 Å². The van der Waals surface area contributed by atoms with E-state index in [1.165, 1.54) is 0 Å². The lowest BCUT2D eigenvalue weighted by Crippen LogP contribution is -2.51. The van der Waals surface area contributed by atoms with E-state index in [-0.39, 0.29) is 73.6 Å². The summed E-state index contributed by atoms with van der Waals surface area (Å²) in [5, 5.41) is 12.8. The smallest absolute Gasteiger partial charge is 0.417 e. The number of nitriles is 1. The van der Waals surface area contributed by atoms with E-state index in [0.717, 1.165) is 48.8 Å². The summed E-state index contributed by atoms with van der Waals surface area (Å²) in [4.78, 5) is 10.7. The van der Waals surface area contributed by atoms with Crippen LogP contribution in [-0.2, 0) is 10.9 Å². The molecule has 2 aromatic heterocycles. The van der Waals surface area contributed by atoms with E-state index >= 15 is 4.39 Å². The van der Waals surface area contributed by atoms with E-state index < -0.39 is 28.9 Å². The molecule has 0 amide bonds. The Morgan fingerprint density at radius 3 is 2.60 bits per heavy atom. The van der Waals surface area contributed by atoms with Gasteiger partial charge in [0.25, 0.3) is 0 Å². The van der Waals surface area contributed by atoms with Crippen molar-refractivity contribution in [2.24, 2.45) is 5.92 Å². The van der Waals surface area contributed by atoms with E-state index in [4.69, 9.17) is 15.2 Å². The monoisotopic (exact) mass is 616 g/mol. The van der Waals surface area contributed by atoms with Gasteiger partial charge in [-0.05, 0) is 37.0 Å². The maximum atomic E-state index is 16.7. The summed E-state index contributed by atoms with van der Waals surface area (Å²) >= 11 is 0.718. The number of piperazine rings is 1. The molecule has 3 aliphatic rings. The molecule has 3 aliphatic heterocycles. The van der Waals surface area contributed by atoms with Crippen molar-refractivity contribution in [2.45, 2.75) is 37.5 Å². The average molecular weight is 617 g/mol. The number of thiophene rings is 1. The fraction of sp³-hybridized carbons (Fsp3) is 0.414. The number of anilines is 2. The molecule has 224 valence electrons. The number of alkyl halides is 3. The van der Waals surface area contributed by atoms with Crippen molar-refractivity contribution in [1.82, 2.24) is 15.3 Å². The number of nitrogens with two attached hydrogens (primary N) is 1. The third kappa shape index (κ3) is 4.79. The van der Waals surface area contributed by atoms with Crippen molar-refractivity contribution >= 4 is 43.1 Å². The summed E-state index contributed by atoms with van der Waals surface area (Å²) in [6.45, 7) is 2.22. The van der Waals surface area contributed by atoms with Crippen LogP contribution in [0.1, 0.15) is 30.4 Å². The summed E-state index contributed by atoms with van der Waals surface area (Å²) < 4.78 is 86.9. The molecule has 3 atom stereocenters. The number of hydrogen-bond donors (Lipinski definition) is 2. The fourth-order valence-electron chi connectivity index (χ4n) is 6.37. The SMILES string of the molecule is N#Cc1c(N)sc2c(F)ccc(-c3c(C(F)(F)F)cc4c(N5CC6CCC(C5)N6)nc(OC[C@@H]5CCOC5)nc4c3F)c12. The second-order valence-corrected chi connectivity index (χ2v) is 12.2. The predicted octanol–water partition coefficient (Wildman–Crippen LogP) is 5.62. The van der Waals surface area contributed by atoms with Crippen LogP contribution in [0.2, 0.25) is 0 Å². The highest BCUT2D eigenvalue weighted by Gasteiger charge is 2.40. The van der Waals surface area contributed by atoms with Gasteiger partial charge in [-0.15, -0.1) is 11.3 Å². The summed E-state index contributed by atoms with van der Waals surface area (Å²) in [7, 11) is 0. The van der Waals surface area contributed by atoms with Crippen molar-refractivity contribution in [1.29, 1.82) is 5.26 Å². The molecule has 4 aromatic rings. The molecule has 43 heavy (non-hydrogen) atoms. The minimum atomic E-state index is -5.02. The van der Waals surface area contributed by atoms with Gasteiger partial charge in [0.05, 0.1) is 29.0 Å². The summed E-state index contributed by atoms with van der Waals surface area (Å²) in [6.07, 6.45) is -2.43. The van der Waals surface area contributed by atoms with Crippen LogP contribution in [0.5, 0.6) is 6.01 Å². The van der Waals surface area contributed by atoms with Crippen molar-refractivity contribution in [3.63, 3.8) is 0 Å². The highest BCUT2D eigenvalue weighted by Crippen LogP contribution is 2.48. The van der Waals surface area contributed by atoms with Crippen LogP contribution < -0.4 is 20.7 Å². The predicted molar refractivity (Wildman–Crippen MR) is 151 cm³/mol. The molecule has 0 spiro atoms. The lowest BCUT2D eigenvalue weighted by Gasteiger charge is -2.34. The first-order valence-corrected chi connectivity index (χ1v) is 14.7. The molecule has 0 saturated carbocycles. The topological polar surface area (TPSA) is 109 Å². The molecular weight excluding hydrogens is 591 g/mol. The number of halogens is 5. The highest BCUT2D eigenvalue weighted by atomic mass is 32.1. The molecule has 0 aliphatic carbocycles. The molecule has 0 radical (unpaired) electrons. The van der Waals surface area contributed by atoms with Gasteiger partial charge >= 0.3 is 12.2 Å². The number of hydrogen-bond acceptors (Lipinski definition) is 9. The molecule has 7 rings (SSSR count). The third-order valence-electron chi connectivity index (χ3n) is 8.38. The van der Waals surface area contributed by atoms with E-state index in [1.807, 2.05) is 11.0 Å². The van der Waals surface area contributed by atoms with E-state index in [2.05, 4.69) is 15.3 Å². The molecule has 3 saturated heterocycles. The summed E-state index contributed by atoms with van der Waals surface area (Å²) in [5.41, 5.74) is 2.89. The van der Waals surface area contributed by atoms with Gasteiger partial charge in [-0.25, -0.2) is 8.78 Å². The first kappa shape index (κ1) is 28.0. The zero-order valence-electron chi connectivity index (χ0n) is 22.6. The van der Waals surface area contributed by atoms with Crippen molar-refractivity contribution < 1.29 is 31.4 Å². The molecule has 14 heteroatoms. The van der Waals surface area contributed by atoms with Gasteiger partial charge in [-0.1, -0.05) is 6.07 Å². The zero-order valence-corrected chi connectivity index (χ0v) is 23.4. The summed E-state index contributed by atoms with van der Waals surface area (Å²) in [6, 6.07) is 4.75. The average Bonchev–Trinajstić information content (AvgIpc) is 3.70. The van der Waals surface area contributed by atoms with Crippen LogP contribution >= 0.6 is 11.3 Å². The fourth-order valence-corrected chi connectivity index (χ4v) is 7.32. The lowest BCUT2D eigenvalue weighted by atomic mass is 9.92. The molecule has 8 nitrogen and oxygen atoms in total. The van der Waals surface area contributed by atoms with E-state index in [9.17, 15) is 22.8 Å². The van der Waals surface area contributed by atoms with E-state index in [1.54, 1.807) is 0 Å². The first-order chi connectivity index (χ1) is 20.6. The second kappa shape index (κ2) is 10.4. The molecule has 3 N–H and O–H groups in total. The lowest BCUT2D eigenvalue weighted by molar-refractivity contribution is -0.137. The number of nitrogens with one attached hydrogen (secondary N) is 1. The number of ether oxygens (including phenoxy) is 2.